The van der Waals surface area contributed by atoms with Crippen LogP contribution in [0.15, 0.2) is 28.3 Å². The molecule has 15 heavy (non-hydrogen) atoms. The van der Waals surface area contributed by atoms with E-state index >= 15 is 0 Å². The van der Waals surface area contributed by atoms with Crippen molar-refractivity contribution in [2.75, 3.05) is 5.75 Å². The molecule has 0 bridgehead atoms. The number of benzene rings is 1. The Kier molecular flexibility index (Phi) is 4.78. The number of hydrogen-bond acceptors (Lipinski definition) is 3. The minimum Gasteiger partial charge on any atom is -0.409 e. The molecule has 3 nitrogen and oxygen atoms in total. The highest BCUT2D eigenvalue weighted by Gasteiger charge is 2.07. The van der Waals surface area contributed by atoms with Gasteiger partial charge in [-0.25, -0.2) is 0 Å². The molecule has 0 saturated heterocycles. The van der Waals surface area contributed by atoms with Crippen molar-refractivity contribution >= 4 is 29.2 Å². The van der Waals surface area contributed by atoms with Gasteiger partial charge >= 0.3 is 0 Å². The number of amidine groups is 1. The van der Waals surface area contributed by atoms with E-state index in [4.69, 9.17) is 22.5 Å². The third-order valence-corrected chi connectivity index (χ3v) is 3.30. The fraction of sp³-hybridized carbons (Fsp3) is 0.300. The van der Waals surface area contributed by atoms with Crippen molar-refractivity contribution in [3.63, 3.8) is 0 Å². The molecule has 0 unspecified atom stereocenters. The lowest BCUT2D eigenvalue weighted by atomic mass is 10.2. The monoisotopic (exact) mass is 244 g/mol. The summed E-state index contributed by atoms with van der Waals surface area (Å²) in [5.74, 6) is 1.09. The summed E-state index contributed by atoms with van der Waals surface area (Å²) in [4.78, 5) is 0.983. The summed E-state index contributed by atoms with van der Waals surface area (Å²) in [6.07, 6.45) is 1.07. The maximum Gasteiger partial charge on any atom is 0.171 e. The highest BCUT2D eigenvalue weighted by atomic mass is 35.5. The second kappa shape index (κ2) is 5.88. The molecule has 0 radical (unpaired) electrons. The predicted octanol–water partition coefficient (Wildman–Crippen LogP) is 2.94. The van der Waals surface area contributed by atoms with Crippen LogP contribution in [0.5, 0.6) is 0 Å². The Morgan fingerprint density at radius 2 is 2.33 bits per heavy atom. The maximum atomic E-state index is 8.64. The lowest BCUT2D eigenvalue weighted by Crippen LogP contribution is -2.14. The van der Waals surface area contributed by atoms with Gasteiger partial charge in [0.25, 0.3) is 0 Å². The van der Waals surface area contributed by atoms with Crippen LogP contribution in [0.4, 0.5) is 0 Å². The third-order valence-electron chi connectivity index (χ3n) is 1.79. The molecule has 82 valence electrons. The van der Waals surface area contributed by atoms with Crippen molar-refractivity contribution in [1.82, 2.24) is 0 Å². The normalized spacial score (nSPS) is 11.7. The highest BCUT2D eigenvalue weighted by Crippen LogP contribution is 2.26. The Bertz CT molecular complexity index is 368. The first-order valence-corrected chi connectivity index (χ1v) is 5.95. The maximum absolute atomic E-state index is 8.64. The number of thioether (sulfide) groups is 1. The van der Waals surface area contributed by atoms with Gasteiger partial charge in [0, 0.05) is 15.5 Å². The topological polar surface area (TPSA) is 58.6 Å². The smallest absolute Gasteiger partial charge is 0.171 e. The molecule has 0 aromatic heterocycles. The molecule has 0 atom stereocenters. The second-order valence-electron chi connectivity index (χ2n) is 2.97. The van der Waals surface area contributed by atoms with Gasteiger partial charge in [-0.2, -0.15) is 0 Å². The van der Waals surface area contributed by atoms with E-state index in [1.54, 1.807) is 23.9 Å². The lowest BCUT2D eigenvalue weighted by Gasteiger charge is -2.07. The molecular weight excluding hydrogens is 232 g/mol. The van der Waals surface area contributed by atoms with Gasteiger partial charge in [-0.05, 0) is 30.4 Å². The minimum absolute atomic E-state index is 0.0936. The van der Waals surface area contributed by atoms with E-state index in [2.05, 4.69) is 12.1 Å². The van der Waals surface area contributed by atoms with Gasteiger partial charge in [-0.15, -0.1) is 11.8 Å². The molecule has 0 fully saturated rings. The zero-order chi connectivity index (χ0) is 11.3. The molecule has 3 N–H and O–H groups in total. The van der Waals surface area contributed by atoms with Crippen LogP contribution in [0.25, 0.3) is 0 Å². The summed E-state index contributed by atoms with van der Waals surface area (Å²) < 4.78 is 0. The molecule has 1 rings (SSSR count). The standard InChI is InChI=1S/C10H13ClN2OS/c1-2-5-15-9-4-3-7(11)6-8(9)10(12)13-14/h3-4,6,14H,2,5H2,1H3,(H2,12,13). The number of hydrogen-bond donors (Lipinski definition) is 2. The quantitative estimate of drug-likeness (QED) is 0.282. The zero-order valence-corrected chi connectivity index (χ0v) is 9.98. The van der Waals surface area contributed by atoms with Gasteiger partial charge in [0.2, 0.25) is 0 Å². The van der Waals surface area contributed by atoms with E-state index in [0.717, 1.165) is 17.1 Å². The molecule has 0 spiro atoms. The van der Waals surface area contributed by atoms with Crippen molar-refractivity contribution in [3.8, 4) is 0 Å². The van der Waals surface area contributed by atoms with Crippen molar-refractivity contribution in [2.24, 2.45) is 10.9 Å². The van der Waals surface area contributed by atoms with Gasteiger partial charge in [0.05, 0.1) is 0 Å². The van der Waals surface area contributed by atoms with Crippen LogP contribution < -0.4 is 5.73 Å². The van der Waals surface area contributed by atoms with Crippen LogP contribution in [-0.4, -0.2) is 16.8 Å². The molecule has 5 heteroatoms. The molecule has 0 aliphatic heterocycles. The molecule has 0 aliphatic carbocycles. The fourth-order valence-corrected chi connectivity index (χ4v) is 2.17. The summed E-state index contributed by atoms with van der Waals surface area (Å²) in [6, 6.07) is 5.39. The number of nitrogens with two attached hydrogens (primary N) is 1. The SMILES string of the molecule is CCCSc1ccc(Cl)cc1C(N)=NO. The summed E-state index contributed by atoms with van der Waals surface area (Å²) in [5.41, 5.74) is 6.25. The molecule has 1 aromatic rings. The first-order chi connectivity index (χ1) is 7.19. The van der Waals surface area contributed by atoms with Crippen molar-refractivity contribution < 1.29 is 5.21 Å². The van der Waals surface area contributed by atoms with E-state index in [-0.39, 0.29) is 5.84 Å². The average Bonchev–Trinajstić information content (AvgIpc) is 2.26. The lowest BCUT2D eigenvalue weighted by molar-refractivity contribution is 0.318. The Morgan fingerprint density at radius 3 is 2.93 bits per heavy atom. The van der Waals surface area contributed by atoms with Crippen LogP contribution in [-0.2, 0) is 0 Å². The van der Waals surface area contributed by atoms with Gasteiger partial charge in [0.1, 0.15) is 0 Å². The number of halogens is 1. The summed E-state index contributed by atoms with van der Waals surface area (Å²) in [5, 5.41) is 12.2. The zero-order valence-electron chi connectivity index (χ0n) is 8.40. The molecular formula is C10H13ClN2OS. The molecule has 0 heterocycles. The van der Waals surface area contributed by atoms with Crippen LogP contribution >= 0.6 is 23.4 Å². The predicted molar refractivity (Wildman–Crippen MR) is 65.0 cm³/mol. The van der Waals surface area contributed by atoms with Crippen LogP contribution in [0, 0.1) is 0 Å². The Balaban J connectivity index is 3.03. The average molecular weight is 245 g/mol. The Morgan fingerprint density at radius 1 is 1.60 bits per heavy atom. The van der Waals surface area contributed by atoms with E-state index in [1.165, 1.54) is 0 Å². The molecule has 1 aromatic carbocycles. The largest absolute Gasteiger partial charge is 0.409 e. The van der Waals surface area contributed by atoms with Gasteiger partial charge < -0.3 is 10.9 Å². The number of rotatable bonds is 4. The molecule has 0 amide bonds. The van der Waals surface area contributed by atoms with E-state index in [9.17, 15) is 0 Å². The summed E-state index contributed by atoms with van der Waals surface area (Å²) >= 11 is 7.52. The Hall–Kier alpha value is -0.870. The molecule has 0 aliphatic rings. The summed E-state index contributed by atoms with van der Waals surface area (Å²) in [7, 11) is 0. The van der Waals surface area contributed by atoms with Crippen LogP contribution in [0.1, 0.15) is 18.9 Å². The summed E-state index contributed by atoms with van der Waals surface area (Å²) in [6.45, 7) is 2.10. The van der Waals surface area contributed by atoms with Crippen molar-refractivity contribution in [1.29, 1.82) is 0 Å². The second-order valence-corrected chi connectivity index (χ2v) is 4.55. The van der Waals surface area contributed by atoms with Crippen molar-refractivity contribution in [3.05, 3.63) is 28.8 Å². The van der Waals surface area contributed by atoms with E-state index in [0.29, 0.717) is 10.6 Å². The van der Waals surface area contributed by atoms with Crippen molar-refractivity contribution in [2.45, 2.75) is 18.2 Å². The first kappa shape index (κ1) is 12.2. The minimum atomic E-state index is 0.0936. The van der Waals surface area contributed by atoms with Crippen LogP contribution in [0.3, 0.4) is 0 Å². The van der Waals surface area contributed by atoms with Crippen LogP contribution in [0.2, 0.25) is 5.02 Å². The van der Waals surface area contributed by atoms with Gasteiger partial charge in [-0.1, -0.05) is 23.7 Å². The Labute approximate surface area is 98.3 Å². The third kappa shape index (κ3) is 3.32. The fourth-order valence-electron chi connectivity index (χ4n) is 1.09. The van der Waals surface area contributed by atoms with E-state index < -0.39 is 0 Å². The molecule has 0 saturated carbocycles. The van der Waals surface area contributed by atoms with Gasteiger partial charge in [-0.3, -0.25) is 0 Å². The number of nitrogens with zero attached hydrogens (tertiary/aromatic N) is 1. The van der Waals surface area contributed by atoms with Gasteiger partial charge in [0.15, 0.2) is 5.84 Å². The first-order valence-electron chi connectivity index (χ1n) is 4.59. The number of oxime groups is 1. The highest BCUT2D eigenvalue weighted by molar-refractivity contribution is 7.99. The van der Waals surface area contributed by atoms with E-state index in [1.807, 2.05) is 6.07 Å².